The first-order valence-corrected chi connectivity index (χ1v) is 7.38. The molecule has 0 bridgehead atoms. The van der Waals surface area contributed by atoms with E-state index in [1.54, 1.807) is 13.3 Å². The number of pyridine rings is 1. The number of ether oxygens (including phenoxy) is 2. The van der Waals surface area contributed by atoms with E-state index >= 15 is 0 Å². The number of hydrogen-bond donors (Lipinski definition) is 0. The fourth-order valence-corrected chi connectivity index (χ4v) is 3.04. The van der Waals surface area contributed by atoms with Crippen LogP contribution in [0.15, 0.2) is 30.5 Å². The van der Waals surface area contributed by atoms with Crippen LogP contribution in [0.4, 0.5) is 0 Å². The van der Waals surface area contributed by atoms with Crippen molar-refractivity contribution in [3.8, 4) is 5.75 Å². The Bertz CT molecular complexity index is 602. The second-order valence-electron chi connectivity index (χ2n) is 5.25. The molecule has 0 amide bonds. The van der Waals surface area contributed by atoms with E-state index in [1.165, 1.54) is 0 Å². The summed E-state index contributed by atoms with van der Waals surface area (Å²) < 4.78 is 11.5. The Kier molecular flexibility index (Phi) is 4.08. The third kappa shape index (κ3) is 2.89. The van der Waals surface area contributed by atoms with Gasteiger partial charge in [-0.3, -0.25) is 0 Å². The van der Waals surface area contributed by atoms with Crippen LogP contribution in [0, 0.1) is 0 Å². The summed E-state index contributed by atoms with van der Waals surface area (Å²) in [5.41, 5.74) is 0. The molecule has 1 aromatic heterocycles. The smallest absolute Gasteiger partial charge is 0.136 e. The zero-order chi connectivity index (χ0) is 13.9. The Morgan fingerprint density at radius 2 is 2.05 bits per heavy atom. The molecule has 1 heterocycles. The number of benzene rings is 1. The van der Waals surface area contributed by atoms with Gasteiger partial charge in [0, 0.05) is 25.1 Å². The van der Waals surface area contributed by atoms with Crippen molar-refractivity contribution in [3.05, 3.63) is 35.6 Å². The summed E-state index contributed by atoms with van der Waals surface area (Å²) in [4.78, 5) is 4.08. The average molecular weight is 292 g/mol. The van der Waals surface area contributed by atoms with Crippen molar-refractivity contribution >= 4 is 22.4 Å². The van der Waals surface area contributed by atoms with Gasteiger partial charge in [-0.05, 0) is 48.9 Å². The number of hydrogen-bond acceptors (Lipinski definition) is 3. The Labute approximate surface area is 123 Å². The van der Waals surface area contributed by atoms with E-state index in [0.717, 1.165) is 42.2 Å². The lowest BCUT2D eigenvalue weighted by Gasteiger charge is -2.28. The molecule has 0 unspecified atom stereocenters. The Morgan fingerprint density at radius 1 is 1.20 bits per heavy atom. The summed E-state index contributed by atoms with van der Waals surface area (Å²) in [6.45, 7) is 0. The molecule has 0 radical (unpaired) electrons. The highest BCUT2D eigenvalue weighted by atomic mass is 35.5. The van der Waals surface area contributed by atoms with Gasteiger partial charge < -0.3 is 9.47 Å². The molecule has 0 N–H and O–H groups in total. The SMILES string of the molecule is CO[C@@H]1CCC[C@H](Oc2ccc3c(Cl)nccc3c2)C1. The fraction of sp³-hybridized carbons (Fsp3) is 0.438. The van der Waals surface area contributed by atoms with Crippen LogP contribution in [0.25, 0.3) is 10.8 Å². The third-order valence-corrected chi connectivity index (χ3v) is 4.20. The van der Waals surface area contributed by atoms with Crippen molar-refractivity contribution < 1.29 is 9.47 Å². The summed E-state index contributed by atoms with van der Waals surface area (Å²) in [5.74, 6) is 0.890. The van der Waals surface area contributed by atoms with Crippen molar-refractivity contribution in [2.45, 2.75) is 37.9 Å². The lowest BCUT2D eigenvalue weighted by Crippen LogP contribution is -2.29. The van der Waals surface area contributed by atoms with E-state index < -0.39 is 0 Å². The van der Waals surface area contributed by atoms with Crippen molar-refractivity contribution in [3.63, 3.8) is 0 Å². The van der Waals surface area contributed by atoms with Crippen LogP contribution in [0.3, 0.4) is 0 Å². The standard InChI is InChI=1S/C16H18ClNO2/c1-19-12-3-2-4-13(10-12)20-14-5-6-15-11(9-14)7-8-18-16(15)17/h5-9,12-13H,2-4,10H2,1H3/t12-,13+/m1/s1. The molecule has 106 valence electrons. The summed E-state index contributed by atoms with van der Waals surface area (Å²) >= 11 is 6.07. The van der Waals surface area contributed by atoms with Gasteiger partial charge in [0.05, 0.1) is 6.10 Å². The first-order chi connectivity index (χ1) is 9.76. The number of nitrogens with zero attached hydrogens (tertiary/aromatic N) is 1. The van der Waals surface area contributed by atoms with Crippen LogP contribution in [-0.4, -0.2) is 24.3 Å². The van der Waals surface area contributed by atoms with E-state index in [4.69, 9.17) is 21.1 Å². The zero-order valence-electron chi connectivity index (χ0n) is 11.5. The highest BCUT2D eigenvalue weighted by Gasteiger charge is 2.23. The highest BCUT2D eigenvalue weighted by Crippen LogP contribution is 2.29. The monoisotopic (exact) mass is 291 g/mol. The van der Waals surface area contributed by atoms with E-state index in [9.17, 15) is 0 Å². The van der Waals surface area contributed by atoms with Gasteiger partial charge in [-0.1, -0.05) is 11.6 Å². The van der Waals surface area contributed by atoms with Crippen LogP contribution in [0.2, 0.25) is 5.15 Å². The van der Waals surface area contributed by atoms with Gasteiger partial charge in [0.15, 0.2) is 0 Å². The van der Waals surface area contributed by atoms with Gasteiger partial charge in [0.25, 0.3) is 0 Å². The van der Waals surface area contributed by atoms with Crippen LogP contribution in [0.1, 0.15) is 25.7 Å². The molecule has 1 aliphatic rings. The van der Waals surface area contributed by atoms with Gasteiger partial charge in [0.1, 0.15) is 17.0 Å². The molecular formula is C16H18ClNO2. The molecule has 1 saturated carbocycles. The van der Waals surface area contributed by atoms with E-state index in [2.05, 4.69) is 4.98 Å². The molecule has 1 aromatic carbocycles. The summed E-state index contributed by atoms with van der Waals surface area (Å²) in [6.07, 6.45) is 6.63. The molecule has 1 aliphatic carbocycles. The average Bonchev–Trinajstić information content (AvgIpc) is 2.47. The molecule has 0 aliphatic heterocycles. The second-order valence-corrected chi connectivity index (χ2v) is 5.61. The van der Waals surface area contributed by atoms with Crippen LogP contribution < -0.4 is 4.74 Å². The van der Waals surface area contributed by atoms with Gasteiger partial charge in [-0.25, -0.2) is 4.98 Å². The summed E-state index contributed by atoms with van der Waals surface area (Å²) in [5, 5.41) is 2.55. The molecule has 1 fully saturated rings. The quantitative estimate of drug-likeness (QED) is 0.793. The topological polar surface area (TPSA) is 31.4 Å². The molecule has 20 heavy (non-hydrogen) atoms. The largest absolute Gasteiger partial charge is 0.490 e. The van der Waals surface area contributed by atoms with Crippen molar-refractivity contribution in [2.24, 2.45) is 0 Å². The van der Waals surface area contributed by atoms with E-state index in [1.807, 2.05) is 24.3 Å². The van der Waals surface area contributed by atoms with Gasteiger partial charge >= 0.3 is 0 Å². The number of rotatable bonds is 3. The van der Waals surface area contributed by atoms with Crippen LogP contribution in [0.5, 0.6) is 5.75 Å². The van der Waals surface area contributed by atoms with Gasteiger partial charge in [0.2, 0.25) is 0 Å². The Hall–Kier alpha value is -1.32. The van der Waals surface area contributed by atoms with Crippen LogP contribution in [-0.2, 0) is 4.74 Å². The number of halogens is 1. The number of aromatic nitrogens is 1. The van der Waals surface area contributed by atoms with Gasteiger partial charge in [-0.2, -0.15) is 0 Å². The molecular weight excluding hydrogens is 274 g/mol. The fourth-order valence-electron chi connectivity index (χ4n) is 2.81. The number of fused-ring (bicyclic) bond motifs is 1. The third-order valence-electron chi connectivity index (χ3n) is 3.90. The van der Waals surface area contributed by atoms with E-state index in [-0.39, 0.29) is 6.10 Å². The zero-order valence-corrected chi connectivity index (χ0v) is 12.3. The van der Waals surface area contributed by atoms with Gasteiger partial charge in [-0.15, -0.1) is 0 Å². The first-order valence-electron chi connectivity index (χ1n) is 7.00. The number of methoxy groups -OCH3 is 1. The van der Waals surface area contributed by atoms with Crippen molar-refractivity contribution in [1.29, 1.82) is 0 Å². The predicted molar refractivity (Wildman–Crippen MR) is 80.4 cm³/mol. The molecule has 3 nitrogen and oxygen atoms in total. The Balaban J connectivity index is 1.77. The lowest BCUT2D eigenvalue weighted by atomic mass is 9.95. The highest BCUT2D eigenvalue weighted by molar-refractivity contribution is 6.34. The summed E-state index contributed by atoms with van der Waals surface area (Å²) in [7, 11) is 1.78. The maximum atomic E-state index is 6.09. The molecule has 2 aromatic rings. The van der Waals surface area contributed by atoms with Crippen LogP contribution >= 0.6 is 11.6 Å². The molecule has 0 spiro atoms. The normalized spacial score (nSPS) is 22.9. The maximum Gasteiger partial charge on any atom is 0.136 e. The first kappa shape index (κ1) is 13.7. The Morgan fingerprint density at radius 3 is 2.90 bits per heavy atom. The second kappa shape index (κ2) is 5.98. The predicted octanol–water partition coefficient (Wildman–Crippen LogP) is 4.22. The molecule has 2 atom stereocenters. The molecule has 3 rings (SSSR count). The minimum Gasteiger partial charge on any atom is -0.490 e. The summed E-state index contributed by atoms with van der Waals surface area (Å²) in [6, 6.07) is 7.91. The van der Waals surface area contributed by atoms with Crippen molar-refractivity contribution in [2.75, 3.05) is 7.11 Å². The lowest BCUT2D eigenvalue weighted by molar-refractivity contribution is 0.0210. The molecule has 4 heteroatoms. The van der Waals surface area contributed by atoms with E-state index in [0.29, 0.717) is 11.3 Å². The maximum absolute atomic E-state index is 6.09. The molecule has 0 saturated heterocycles. The minimum absolute atomic E-state index is 0.239. The van der Waals surface area contributed by atoms with Crippen molar-refractivity contribution in [1.82, 2.24) is 4.98 Å². The minimum atomic E-state index is 0.239.